The highest BCUT2D eigenvalue weighted by Gasteiger charge is 2.05. The third-order valence-electron chi connectivity index (χ3n) is 3.04. The van der Waals surface area contributed by atoms with Crippen LogP contribution in [0, 0.1) is 0 Å². The molecule has 0 atom stereocenters. The van der Waals surface area contributed by atoms with E-state index < -0.39 is 0 Å². The Morgan fingerprint density at radius 1 is 1.29 bits per heavy atom. The fourth-order valence-corrected chi connectivity index (χ4v) is 2.66. The first-order valence-electron chi connectivity index (χ1n) is 6.56. The minimum absolute atomic E-state index is 0.0343. The number of nitrogens with zero attached hydrogens (tertiary/aromatic N) is 3. The van der Waals surface area contributed by atoms with E-state index in [1.165, 1.54) is 11.9 Å². The van der Waals surface area contributed by atoms with Crippen LogP contribution in [0.2, 0.25) is 0 Å². The molecule has 0 spiro atoms. The maximum Gasteiger partial charge on any atom is 0.226 e. The molecule has 3 rings (SSSR count). The Morgan fingerprint density at radius 2 is 2.24 bits per heavy atom. The Labute approximate surface area is 126 Å². The highest BCUT2D eigenvalue weighted by atomic mass is 32.1. The van der Waals surface area contributed by atoms with Crippen LogP contribution < -0.4 is 5.32 Å². The summed E-state index contributed by atoms with van der Waals surface area (Å²) in [6.07, 6.45) is 3.43. The first kappa shape index (κ1) is 13.5. The van der Waals surface area contributed by atoms with Crippen molar-refractivity contribution in [3.63, 3.8) is 0 Å². The summed E-state index contributed by atoms with van der Waals surface area (Å²) >= 11 is 1.66. The highest BCUT2D eigenvalue weighted by Crippen LogP contribution is 2.24. The summed E-state index contributed by atoms with van der Waals surface area (Å²) in [5.41, 5.74) is 3.08. The van der Waals surface area contributed by atoms with E-state index in [-0.39, 0.29) is 5.91 Å². The smallest absolute Gasteiger partial charge is 0.226 e. The molecule has 1 N–H and O–H groups in total. The minimum Gasteiger partial charge on any atom is -0.326 e. The third-order valence-corrected chi connectivity index (χ3v) is 3.72. The summed E-state index contributed by atoms with van der Waals surface area (Å²) < 4.78 is 1.64. The zero-order valence-electron chi connectivity index (χ0n) is 11.3. The van der Waals surface area contributed by atoms with Gasteiger partial charge in [0.15, 0.2) is 0 Å². The molecule has 2 heterocycles. The number of anilines is 1. The Balaban J connectivity index is 1.62. The van der Waals surface area contributed by atoms with Gasteiger partial charge in [0.25, 0.3) is 0 Å². The SMILES string of the molecule is O=C(CCn1cncn1)Nc1cccc(-c2ccsc2)c1. The first-order valence-corrected chi connectivity index (χ1v) is 7.50. The Bertz CT molecular complexity index is 707. The number of hydrogen-bond acceptors (Lipinski definition) is 4. The Morgan fingerprint density at radius 3 is 3.00 bits per heavy atom. The maximum absolute atomic E-state index is 11.9. The van der Waals surface area contributed by atoms with Gasteiger partial charge in [0.2, 0.25) is 5.91 Å². The Kier molecular flexibility index (Phi) is 4.07. The van der Waals surface area contributed by atoms with E-state index in [0.717, 1.165) is 11.3 Å². The van der Waals surface area contributed by atoms with Crippen LogP contribution in [0.1, 0.15) is 6.42 Å². The molecule has 21 heavy (non-hydrogen) atoms. The number of thiophene rings is 1. The van der Waals surface area contributed by atoms with Gasteiger partial charge in [-0.2, -0.15) is 16.4 Å². The van der Waals surface area contributed by atoms with E-state index >= 15 is 0 Å². The van der Waals surface area contributed by atoms with Crippen LogP contribution in [0.15, 0.2) is 53.7 Å². The van der Waals surface area contributed by atoms with E-state index in [0.29, 0.717) is 13.0 Å². The summed E-state index contributed by atoms with van der Waals surface area (Å²) in [5.74, 6) is -0.0343. The van der Waals surface area contributed by atoms with E-state index in [1.807, 2.05) is 29.6 Å². The summed E-state index contributed by atoms with van der Waals surface area (Å²) in [6, 6.07) is 9.92. The van der Waals surface area contributed by atoms with Crippen molar-refractivity contribution >= 4 is 22.9 Å². The number of aryl methyl sites for hydroxylation is 1. The second-order valence-electron chi connectivity index (χ2n) is 4.55. The maximum atomic E-state index is 11.9. The molecule has 0 bridgehead atoms. The molecular formula is C15H14N4OS. The van der Waals surface area contributed by atoms with Crippen LogP contribution in [0.3, 0.4) is 0 Å². The molecule has 3 aromatic rings. The second-order valence-corrected chi connectivity index (χ2v) is 5.33. The molecule has 5 nitrogen and oxygen atoms in total. The van der Waals surface area contributed by atoms with Gasteiger partial charge in [-0.3, -0.25) is 9.48 Å². The lowest BCUT2D eigenvalue weighted by molar-refractivity contribution is -0.116. The van der Waals surface area contributed by atoms with Crippen LogP contribution in [0.4, 0.5) is 5.69 Å². The standard InChI is InChI=1S/C15H14N4OS/c20-15(4-6-19-11-16-10-17-19)18-14-3-1-2-12(8-14)13-5-7-21-9-13/h1-3,5,7-11H,4,6H2,(H,18,20). The predicted octanol–water partition coefficient (Wildman–Crippen LogP) is 3.04. The summed E-state index contributed by atoms with van der Waals surface area (Å²) in [5, 5.41) is 11.0. The number of nitrogens with one attached hydrogen (secondary N) is 1. The topological polar surface area (TPSA) is 59.8 Å². The van der Waals surface area contributed by atoms with Crippen molar-refractivity contribution in [2.24, 2.45) is 0 Å². The average Bonchev–Trinajstić information content (AvgIpc) is 3.19. The molecule has 6 heteroatoms. The lowest BCUT2D eigenvalue weighted by Crippen LogP contribution is -2.14. The summed E-state index contributed by atoms with van der Waals surface area (Å²) in [7, 11) is 0. The van der Waals surface area contributed by atoms with Gasteiger partial charge in [0.1, 0.15) is 12.7 Å². The summed E-state index contributed by atoms with van der Waals surface area (Å²) in [6.45, 7) is 0.524. The molecule has 0 unspecified atom stereocenters. The fourth-order valence-electron chi connectivity index (χ4n) is 1.99. The Hall–Kier alpha value is -2.47. The molecule has 0 aliphatic rings. The third kappa shape index (κ3) is 3.55. The van der Waals surface area contributed by atoms with Crippen molar-refractivity contribution in [1.82, 2.24) is 14.8 Å². The second kappa shape index (κ2) is 6.32. The van der Waals surface area contributed by atoms with Crippen molar-refractivity contribution in [3.8, 4) is 11.1 Å². The highest BCUT2D eigenvalue weighted by molar-refractivity contribution is 7.08. The van der Waals surface area contributed by atoms with Crippen LogP contribution in [-0.2, 0) is 11.3 Å². The van der Waals surface area contributed by atoms with Gasteiger partial charge < -0.3 is 5.32 Å². The molecule has 2 aromatic heterocycles. The van der Waals surface area contributed by atoms with Crippen molar-refractivity contribution in [2.75, 3.05) is 5.32 Å². The molecule has 106 valence electrons. The molecule has 0 aliphatic heterocycles. The number of benzene rings is 1. The normalized spacial score (nSPS) is 10.5. The number of carbonyl (C=O) groups is 1. The van der Waals surface area contributed by atoms with E-state index in [4.69, 9.17) is 0 Å². The van der Waals surface area contributed by atoms with Crippen molar-refractivity contribution < 1.29 is 4.79 Å². The zero-order valence-corrected chi connectivity index (χ0v) is 12.1. The van der Waals surface area contributed by atoms with Crippen LogP contribution >= 0.6 is 11.3 Å². The number of amides is 1. The molecular weight excluding hydrogens is 284 g/mol. The molecule has 0 aliphatic carbocycles. The summed E-state index contributed by atoms with van der Waals surface area (Å²) in [4.78, 5) is 15.8. The van der Waals surface area contributed by atoms with Gasteiger partial charge in [0, 0.05) is 12.1 Å². The van der Waals surface area contributed by atoms with Gasteiger partial charge >= 0.3 is 0 Å². The fraction of sp³-hybridized carbons (Fsp3) is 0.133. The predicted molar refractivity (Wildman–Crippen MR) is 83.0 cm³/mol. The number of aromatic nitrogens is 3. The number of rotatable bonds is 5. The van der Waals surface area contributed by atoms with Crippen LogP contribution in [-0.4, -0.2) is 20.7 Å². The molecule has 0 radical (unpaired) electrons. The number of hydrogen-bond donors (Lipinski definition) is 1. The minimum atomic E-state index is -0.0343. The molecule has 1 aromatic carbocycles. The lowest BCUT2D eigenvalue weighted by Gasteiger charge is -2.07. The van der Waals surface area contributed by atoms with Gasteiger partial charge in [0.05, 0.1) is 6.54 Å². The average molecular weight is 298 g/mol. The largest absolute Gasteiger partial charge is 0.326 e. The van der Waals surface area contributed by atoms with Crippen LogP contribution in [0.5, 0.6) is 0 Å². The van der Waals surface area contributed by atoms with Gasteiger partial charge in [-0.1, -0.05) is 12.1 Å². The van der Waals surface area contributed by atoms with Gasteiger partial charge in [-0.25, -0.2) is 4.98 Å². The quantitative estimate of drug-likeness (QED) is 0.787. The monoisotopic (exact) mass is 298 g/mol. The molecule has 0 fully saturated rings. The van der Waals surface area contributed by atoms with E-state index in [1.54, 1.807) is 22.3 Å². The van der Waals surface area contributed by atoms with E-state index in [2.05, 4.69) is 26.8 Å². The van der Waals surface area contributed by atoms with Crippen molar-refractivity contribution in [1.29, 1.82) is 0 Å². The first-order chi connectivity index (χ1) is 10.3. The zero-order chi connectivity index (χ0) is 14.5. The van der Waals surface area contributed by atoms with Crippen molar-refractivity contribution in [2.45, 2.75) is 13.0 Å². The number of carbonyl (C=O) groups excluding carboxylic acids is 1. The van der Waals surface area contributed by atoms with Crippen LogP contribution in [0.25, 0.3) is 11.1 Å². The van der Waals surface area contributed by atoms with Gasteiger partial charge in [-0.05, 0) is 40.1 Å². The molecule has 0 saturated heterocycles. The molecule has 0 saturated carbocycles. The van der Waals surface area contributed by atoms with Crippen molar-refractivity contribution in [3.05, 3.63) is 53.7 Å². The van der Waals surface area contributed by atoms with Gasteiger partial charge in [-0.15, -0.1) is 0 Å². The van der Waals surface area contributed by atoms with E-state index in [9.17, 15) is 4.79 Å². The molecule has 1 amide bonds. The lowest BCUT2D eigenvalue weighted by atomic mass is 10.1.